The molecule has 3 heterocycles. The highest BCUT2D eigenvalue weighted by molar-refractivity contribution is 6.09. The van der Waals surface area contributed by atoms with Gasteiger partial charge >= 0.3 is 0 Å². The third-order valence-corrected chi connectivity index (χ3v) is 6.21. The Hall–Kier alpha value is -3.93. The zero-order valence-electron chi connectivity index (χ0n) is 17.4. The quantitative estimate of drug-likeness (QED) is 0.419. The Morgan fingerprint density at radius 1 is 0.906 bits per heavy atom. The van der Waals surface area contributed by atoms with Crippen molar-refractivity contribution in [1.82, 2.24) is 9.55 Å². The van der Waals surface area contributed by atoms with E-state index in [4.69, 9.17) is 9.40 Å². The number of carbonyl (C=O) groups is 1. The number of nitrogens with zero attached hydrogens (tertiary/aromatic N) is 2. The Morgan fingerprint density at radius 3 is 2.72 bits per heavy atom. The molecule has 0 saturated heterocycles. The van der Waals surface area contributed by atoms with Crippen LogP contribution in [0.15, 0.2) is 69.9 Å². The molecule has 1 amide bonds. The summed E-state index contributed by atoms with van der Waals surface area (Å²) in [6.45, 7) is 0.713. The second-order valence-electron chi connectivity index (χ2n) is 8.29. The van der Waals surface area contributed by atoms with E-state index < -0.39 is 0 Å². The molecule has 6 nitrogen and oxygen atoms in total. The van der Waals surface area contributed by atoms with Crippen molar-refractivity contribution < 1.29 is 9.21 Å². The highest BCUT2D eigenvalue weighted by atomic mass is 16.3. The van der Waals surface area contributed by atoms with Gasteiger partial charge in [0.05, 0.1) is 10.9 Å². The van der Waals surface area contributed by atoms with Crippen LogP contribution in [-0.2, 0) is 13.0 Å². The van der Waals surface area contributed by atoms with Gasteiger partial charge in [-0.15, -0.1) is 0 Å². The van der Waals surface area contributed by atoms with Gasteiger partial charge in [0.2, 0.25) is 0 Å². The predicted octanol–water partition coefficient (Wildman–Crippen LogP) is 5.27. The van der Waals surface area contributed by atoms with E-state index in [-0.39, 0.29) is 11.5 Å². The number of anilines is 1. The molecule has 6 rings (SSSR count). The summed E-state index contributed by atoms with van der Waals surface area (Å²) in [5.74, 6) is 0.575. The van der Waals surface area contributed by atoms with E-state index in [1.165, 1.54) is 0 Å². The maximum Gasteiger partial charge on any atom is 0.261 e. The van der Waals surface area contributed by atoms with Crippen molar-refractivity contribution >= 4 is 44.4 Å². The lowest BCUT2D eigenvalue weighted by Crippen LogP contribution is -2.24. The number of furan rings is 1. The smallest absolute Gasteiger partial charge is 0.261 e. The molecule has 0 bridgehead atoms. The summed E-state index contributed by atoms with van der Waals surface area (Å²) in [7, 11) is 0. The summed E-state index contributed by atoms with van der Waals surface area (Å²) in [6.07, 6.45) is 3.92. The average molecular weight is 423 g/mol. The van der Waals surface area contributed by atoms with Crippen molar-refractivity contribution in [2.45, 2.75) is 32.2 Å². The summed E-state index contributed by atoms with van der Waals surface area (Å²) in [4.78, 5) is 30.6. The van der Waals surface area contributed by atoms with Crippen LogP contribution in [0, 0.1) is 0 Å². The van der Waals surface area contributed by atoms with Crippen molar-refractivity contribution in [3.8, 4) is 0 Å². The molecule has 0 atom stereocenters. The highest BCUT2D eigenvalue weighted by Crippen LogP contribution is 2.30. The molecule has 6 heteroatoms. The molecule has 2 aromatic heterocycles. The van der Waals surface area contributed by atoms with Gasteiger partial charge in [0.1, 0.15) is 17.0 Å². The van der Waals surface area contributed by atoms with Crippen molar-refractivity contribution in [2.24, 2.45) is 0 Å². The summed E-state index contributed by atoms with van der Waals surface area (Å²) in [5, 5.41) is 5.48. The van der Waals surface area contributed by atoms with Crippen LogP contribution in [0.25, 0.3) is 32.8 Å². The van der Waals surface area contributed by atoms with Gasteiger partial charge in [-0.3, -0.25) is 14.2 Å². The standard InChI is InChI=1S/C26H21N3O3/c30-25(27-17-10-12-23-20(15-17)18-6-3-4-7-22(18)32-23)16-9-11-19-21(14-16)28-24-8-2-1-5-13-29(24)26(19)31/h3-4,6-7,9-12,14-15H,1-2,5,8,13H2,(H,27,30). The van der Waals surface area contributed by atoms with Gasteiger partial charge in [0.25, 0.3) is 11.5 Å². The molecule has 1 aliphatic heterocycles. The summed E-state index contributed by atoms with van der Waals surface area (Å²) >= 11 is 0. The Bertz CT molecular complexity index is 1580. The second kappa shape index (κ2) is 7.34. The number of amides is 1. The van der Waals surface area contributed by atoms with Crippen LogP contribution in [-0.4, -0.2) is 15.5 Å². The summed E-state index contributed by atoms with van der Waals surface area (Å²) in [6, 6.07) is 18.6. The van der Waals surface area contributed by atoms with E-state index in [0.29, 0.717) is 28.7 Å². The third kappa shape index (κ3) is 3.07. The molecule has 3 aromatic carbocycles. The number of aromatic nitrogens is 2. The molecule has 0 saturated carbocycles. The molecular formula is C26H21N3O3. The van der Waals surface area contributed by atoms with E-state index in [1.807, 2.05) is 42.5 Å². The minimum absolute atomic E-state index is 0.0175. The SMILES string of the molecule is O=C(Nc1ccc2oc3ccccc3c2c1)c1ccc2c(=O)n3c(nc2c1)CCCCC3. The first-order valence-electron chi connectivity index (χ1n) is 10.9. The van der Waals surface area contributed by atoms with Gasteiger partial charge in [-0.1, -0.05) is 24.6 Å². The Labute approximate surface area is 183 Å². The van der Waals surface area contributed by atoms with Crippen LogP contribution in [0.1, 0.15) is 35.4 Å². The molecule has 0 radical (unpaired) electrons. The fourth-order valence-electron chi connectivity index (χ4n) is 4.57. The van der Waals surface area contributed by atoms with E-state index in [9.17, 15) is 9.59 Å². The highest BCUT2D eigenvalue weighted by Gasteiger charge is 2.16. The minimum atomic E-state index is -0.240. The molecule has 158 valence electrons. The number of benzene rings is 3. The van der Waals surface area contributed by atoms with Crippen molar-refractivity contribution in [2.75, 3.05) is 5.32 Å². The zero-order chi connectivity index (χ0) is 21.7. The number of rotatable bonds is 2. The van der Waals surface area contributed by atoms with Gasteiger partial charge in [-0.25, -0.2) is 4.98 Å². The molecule has 1 aliphatic rings. The third-order valence-electron chi connectivity index (χ3n) is 6.21. The topological polar surface area (TPSA) is 77.1 Å². The summed E-state index contributed by atoms with van der Waals surface area (Å²) in [5.41, 5.74) is 3.31. The average Bonchev–Trinajstić information content (AvgIpc) is 3.00. The number of aryl methyl sites for hydroxylation is 1. The monoisotopic (exact) mass is 423 g/mol. The molecule has 1 N–H and O–H groups in total. The molecule has 0 fully saturated rings. The molecule has 0 aliphatic carbocycles. The molecule has 32 heavy (non-hydrogen) atoms. The molecule has 5 aromatic rings. The van der Waals surface area contributed by atoms with E-state index in [0.717, 1.165) is 53.4 Å². The van der Waals surface area contributed by atoms with E-state index in [2.05, 4.69) is 5.32 Å². The first kappa shape index (κ1) is 18.8. The van der Waals surface area contributed by atoms with E-state index in [1.54, 1.807) is 22.8 Å². The van der Waals surface area contributed by atoms with Crippen molar-refractivity contribution in [3.05, 3.63) is 82.4 Å². The predicted molar refractivity (Wildman–Crippen MR) is 125 cm³/mol. The van der Waals surface area contributed by atoms with Crippen molar-refractivity contribution in [3.63, 3.8) is 0 Å². The largest absolute Gasteiger partial charge is 0.456 e. The number of para-hydroxylation sites is 1. The number of fused-ring (bicyclic) bond motifs is 5. The van der Waals surface area contributed by atoms with E-state index >= 15 is 0 Å². The number of carbonyl (C=O) groups excluding carboxylic acids is 1. The minimum Gasteiger partial charge on any atom is -0.456 e. The number of hydrogen-bond donors (Lipinski definition) is 1. The molecule has 0 unspecified atom stereocenters. The normalized spacial score (nSPS) is 13.9. The fourth-order valence-corrected chi connectivity index (χ4v) is 4.57. The lowest BCUT2D eigenvalue weighted by Gasteiger charge is -2.11. The first-order chi connectivity index (χ1) is 15.7. The maximum absolute atomic E-state index is 13.0. The lowest BCUT2D eigenvalue weighted by molar-refractivity contribution is 0.102. The Morgan fingerprint density at radius 2 is 1.78 bits per heavy atom. The number of hydrogen-bond acceptors (Lipinski definition) is 4. The lowest BCUT2D eigenvalue weighted by atomic mass is 10.1. The van der Waals surface area contributed by atoms with Gasteiger partial charge in [-0.2, -0.15) is 0 Å². The van der Waals surface area contributed by atoms with Crippen LogP contribution >= 0.6 is 0 Å². The van der Waals surface area contributed by atoms with Gasteiger partial charge < -0.3 is 9.73 Å². The number of nitrogens with one attached hydrogen (secondary N) is 1. The maximum atomic E-state index is 13.0. The van der Waals surface area contributed by atoms with Crippen LogP contribution in [0.3, 0.4) is 0 Å². The summed E-state index contributed by atoms with van der Waals surface area (Å²) < 4.78 is 7.65. The molecule has 0 spiro atoms. The van der Waals surface area contributed by atoms with Gasteiger partial charge in [0, 0.05) is 35.0 Å². The first-order valence-corrected chi connectivity index (χ1v) is 10.9. The second-order valence-corrected chi connectivity index (χ2v) is 8.29. The van der Waals surface area contributed by atoms with Crippen molar-refractivity contribution in [1.29, 1.82) is 0 Å². The van der Waals surface area contributed by atoms with Crippen LogP contribution in [0.4, 0.5) is 5.69 Å². The van der Waals surface area contributed by atoms with Gasteiger partial charge in [0.15, 0.2) is 0 Å². The Balaban J connectivity index is 1.35. The van der Waals surface area contributed by atoms with Crippen LogP contribution < -0.4 is 10.9 Å². The Kier molecular flexibility index (Phi) is 4.31. The fraction of sp³-hybridized carbons (Fsp3) is 0.192. The van der Waals surface area contributed by atoms with Crippen LogP contribution in [0.5, 0.6) is 0 Å². The molecular weight excluding hydrogens is 402 g/mol. The van der Waals surface area contributed by atoms with Crippen LogP contribution in [0.2, 0.25) is 0 Å². The van der Waals surface area contributed by atoms with Gasteiger partial charge in [-0.05, 0) is 55.3 Å². The zero-order valence-corrected chi connectivity index (χ0v) is 17.4.